The van der Waals surface area contributed by atoms with Crippen LogP contribution in [-0.4, -0.2) is 38.8 Å². The highest BCUT2D eigenvalue weighted by Crippen LogP contribution is 2.24. The first-order valence-electron chi connectivity index (χ1n) is 9.81. The van der Waals surface area contributed by atoms with E-state index >= 15 is 0 Å². The van der Waals surface area contributed by atoms with Gasteiger partial charge < -0.3 is 10.2 Å². The molecule has 7 nitrogen and oxygen atoms in total. The van der Waals surface area contributed by atoms with Gasteiger partial charge in [0.1, 0.15) is 12.1 Å². The second-order valence-electron chi connectivity index (χ2n) is 7.68. The van der Waals surface area contributed by atoms with E-state index in [1.54, 1.807) is 10.8 Å². The molecule has 4 rings (SSSR count). The van der Waals surface area contributed by atoms with Gasteiger partial charge in [-0.25, -0.2) is 0 Å². The molecule has 0 radical (unpaired) electrons. The van der Waals surface area contributed by atoms with Crippen molar-refractivity contribution in [2.24, 2.45) is 5.92 Å². The van der Waals surface area contributed by atoms with Crippen LogP contribution in [0.1, 0.15) is 42.5 Å². The summed E-state index contributed by atoms with van der Waals surface area (Å²) in [6.07, 6.45) is 3.26. The summed E-state index contributed by atoms with van der Waals surface area (Å²) in [6.45, 7) is 7.88. The molecule has 1 atom stereocenters. The molecule has 2 aromatic heterocycles. The number of nitrogens with one attached hydrogen (secondary N) is 1. The fraction of sp³-hybridized carbons (Fsp3) is 0.429. The summed E-state index contributed by atoms with van der Waals surface area (Å²) in [4.78, 5) is 15.0. The first-order chi connectivity index (χ1) is 13.5. The Morgan fingerprint density at radius 3 is 2.71 bits per heavy atom. The van der Waals surface area contributed by atoms with E-state index in [1.165, 1.54) is 16.7 Å². The highest BCUT2D eigenvalue weighted by Gasteiger charge is 2.27. The largest absolute Gasteiger partial charge is 0.355 e. The lowest BCUT2D eigenvalue weighted by Gasteiger charge is -2.32. The fourth-order valence-electron chi connectivity index (χ4n) is 3.98. The monoisotopic (exact) mass is 378 g/mol. The highest BCUT2D eigenvalue weighted by atomic mass is 16.1. The Bertz CT molecular complexity index is 989. The Balaban J connectivity index is 1.35. The number of rotatable bonds is 4. The summed E-state index contributed by atoms with van der Waals surface area (Å²) >= 11 is 0. The third-order valence-electron chi connectivity index (χ3n) is 5.59. The van der Waals surface area contributed by atoms with Crippen LogP contribution in [0.3, 0.4) is 0 Å². The SMILES string of the molecule is Cc1ccc([C@@H](C)NC(=O)C2CCN(c3ccc4nncn4n3)CC2)c(C)c1. The third kappa shape index (κ3) is 3.69. The molecular formula is C21H26N6O. The van der Waals surface area contributed by atoms with Gasteiger partial charge in [0.25, 0.3) is 0 Å². The van der Waals surface area contributed by atoms with Crippen LogP contribution in [0, 0.1) is 19.8 Å². The first-order valence-corrected chi connectivity index (χ1v) is 9.81. The van der Waals surface area contributed by atoms with Gasteiger partial charge in [0.2, 0.25) is 5.91 Å². The lowest BCUT2D eigenvalue weighted by molar-refractivity contribution is -0.126. The zero-order valence-corrected chi connectivity index (χ0v) is 16.6. The molecule has 0 aliphatic carbocycles. The smallest absolute Gasteiger partial charge is 0.223 e. The van der Waals surface area contributed by atoms with E-state index in [2.05, 4.69) is 64.5 Å². The van der Waals surface area contributed by atoms with Gasteiger partial charge in [-0.1, -0.05) is 23.8 Å². The molecule has 28 heavy (non-hydrogen) atoms. The van der Waals surface area contributed by atoms with E-state index in [1.807, 2.05) is 12.1 Å². The van der Waals surface area contributed by atoms with Crippen molar-refractivity contribution in [3.8, 4) is 0 Å². The van der Waals surface area contributed by atoms with Crippen LogP contribution < -0.4 is 10.2 Å². The molecule has 1 aliphatic heterocycles. The number of nitrogens with zero attached hydrogens (tertiary/aromatic N) is 5. The van der Waals surface area contributed by atoms with E-state index < -0.39 is 0 Å². The summed E-state index contributed by atoms with van der Waals surface area (Å²) in [5.74, 6) is 1.09. The number of piperidine rings is 1. The van der Waals surface area contributed by atoms with Crippen molar-refractivity contribution >= 4 is 17.4 Å². The maximum Gasteiger partial charge on any atom is 0.223 e. The van der Waals surface area contributed by atoms with Crippen LogP contribution in [0.4, 0.5) is 5.82 Å². The standard InChI is InChI=1S/C21H26N6O/c1-14-4-5-18(15(2)12-14)16(3)23-21(28)17-8-10-26(11-9-17)20-7-6-19-24-22-13-27(19)25-20/h4-7,12-13,16-17H,8-11H2,1-3H3,(H,23,28)/t16-/m1/s1. The predicted octanol–water partition coefficient (Wildman–Crippen LogP) is 2.83. The minimum Gasteiger partial charge on any atom is -0.355 e. The van der Waals surface area contributed by atoms with E-state index in [0.29, 0.717) is 0 Å². The Morgan fingerprint density at radius 2 is 1.96 bits per heavy atom. The van der Waals surface area contributed by atoms with Gasteiger partial charge in [-0.15, -0.1) is 15.3 Å². The van der Waals surface area contributed by atoms with Gasteiger partial charge >= 0.3 is 0 Å². The summed E-state index contributed by atoms with van der Waals surface area (Å²) in [5, 5.41) is 15.6. The molecule has 0 bridgehead atoms. The van der Waals surface area contributed by atoms with E-state index in [0.717, 1.165) is 37.4 Å². The average molecular weight is 378 g/mol. The van der Waals surface area contributed by atoms with E-state index in [-0.39, 0.29) is 17.9 Å². The van der Waals surface area contributed by atoms with Crippen LogP contribution in [0.25, 0.3) is 5.65 Å². The zero-order chi connectivity index (χ0) is 19.7. The molecule has 3 aromatic rings. The van der Waals surface area contributed by atoms with Crippen LogP contribution in [0.2, 0.25) is 0 Å². The Morgan fingerprint density at radius 1 is 1.18 bits per heavy atom. The van der Waals surface area contributed by atoms with Crippen molar-refractivity contribution < 1.29 is 4.79 Å². The number of fused-ring (bicyclic) bond motifs is 1. The maximum atomic E-state index is 12.8. The number of hydrogen-bond acceptors (Lipinski definition) is 5. The lowest BCUT2D eigenvalue weighted by Crippen LogP contribution is -2.41. The molecule has 146 valence electrons. The van der Waals surface area contributed by atoms with Crippen molar-refractivity contribution in [2.75, 3.05) is 18.0 Å². The second kappa shape index (κ2) is 7.58. The Kier molecular flexibility index (Phi) is 4.98. The number of hydrogen-bond donors (Lipinski definition) is 1. The van der Waals surface area contributed by atoms with Gasteiger partial charge in [-0.05, 0) is 56.9 Å². The predicted molar refractivity (Wildman–Crippen MR) is 108 cm³/mol. The minimum absolute atomic E-state index is 0.0175. The fourth-order valence-corrected chi connectivity index (χ4v) is 3.98. The van der Waals surface area contributed by atoms with E-state index in [4.69, 9.17) is 0 Å². The van der Waals surface area contributed by atoms with Crippen LogP contribution >= 0.6 is 0 Å². The minimum atomic E-state index is 0.0175. The molecule has 0 saturated carbocycles. The molecule has 0 spiro atoms. The summed E-state index contributed by atoms with van der Waals surface area (Å²) in [7, 11) is 0. The number of benzene rings is 1. The van der Waals surface area contributed by atoms with Gasteiger partial charge in [-0.2, -0.15) is 4.52 Å². The summed E-state index contributed by atoms with van der Waals surface area (Å²) < 4.78 is 1.68. The van der Waals surface area contributed by atoms with E-state index in [9.17, 15) is 4.79 Å². The molecule has 7 heteroatoms. The number of aromatic nitrogens is 4. The van der Waals surface area contributed by atoms with Gasteiger partial charge in [-0.3, -0.25) is 4.79 Å². The highest BCUT2D eigenvalue weighted by molar-refractivity contribution is 5.79. The number of amides is 1. The molecule has 3 heterocycles. The molecule has 1 amide bonds. The normalized spacial score (nSPS) is 16.3. The number of aryl methyl sites for hydroxylation is 2. The Labute approximate surface area is 164 Å². The summed E-state index contributed by atoms with van der Waals surface area (Å²) in [5.41, 5.74) is 4.38. The zero-order valence-electron chi connectivity index (χ0n) is 16.6. The molecular weight excluding hydrogens is 352 g/mol. The number of carbonyl (C=O) groups excluding carboxylic acids is 1. The molecule has 1 saturated heterocycles. The van der Waals surface area contributed by atoms with Crippen LogP contribution in [-0.2, 0) is 4.79 Å². The van der Waals surface area contributed by atoms with Crippen LogP contribution in [0.5, 0.6) is 0 Å². The van der Waals surface area contributed by atoms with Gasteiger partial charge in [0.05, 0.1) is 6.04 Å². The third-order valence-corrected chi connectivity index (χ3v) is 5.59. The topological polar surface area (TPSA) is 75.4 Å². The average Bonchev–Trinajstić information content (AvgIpc) is 3.15. The van der Waals surface area contributed by atoms with Crippen LogP contribution in [0.15, 0.2) is 36.7 Å². The molecule has 1 aliphatic rings. The summed E-state index contributed by atoms with van der Waals surface area (Å²) in [6, 6.07) is 10.3. The van der Waals surface area contributed by atoms with Crippen molar-refractivity contribution in [1.29, 1.82) is 0 Å². The first kappa shape index (κ1) is 18.4. The molecule has 1 N–H and O–H groups in total. The van der Waals surface area contributed by atoms with Gasteiger partial charge in [0, 0.05) is 19.0 Å². The van der Waals surface area contributed by atoms with Crippen molar-refractivity contribution in [3.05, 3.63) is 53.3 Å². The molecule has 1 aromatic carbocycles. The van der Waals surface area contributed by atoms with Crippen molar-refractivity contribution in [2.45, 2.75) is 39.7 Å². The molecule has 0 unspecified atom stereocenters. The Hall–Kier alpha value is -2.96. The number of carbonyl (C=O) groups is 1. The van der Waals surface area contributed by atoms with Gasteiger partial charge in [0.15, 0.2) is 5.65 Å². The van der Waals surface area contributed by atoms with Crippen molar-refractivity contribution in [3.63, 3.8) is 0 Å². The van der Waals surface area contributed by atoms with Crippen molar-refractivity contribution in [1.82, 2.24) is 25.1 Å². The quantitative estimate of drug-likeness (QED) is 0.756. The maximum absolute atomic E-state index is 12.8. The molecule has 1 fully saturated rings. The number of anilines is 1. The second-order valence-corrected chi connectivity index (χ2v) is 7.68. The lowest BCUT2D eigenvalue weighted by atomic mass is 9.94.